The van der Waals surface area contributed by atoms with Gasteiger partial charge < -0.3 is 26.6 Å². The van der Waals surface area contributed by atoms with Gasteiger partial charge in [0.15, 0.2) is 0 Å². The lowest BCUT2D eigenvalue weighted by atomic mass is 10.0. The van der Waals surface area contributed by atoms with Crippen LogP contribution in [0.2, 0.25) is 12.6 Å². The number of hydrogen-bond donors (Lipinski definition) is 3. The third-order valence-corrected chi connectivity index (χ3v) is 2.84. The van der Waals surface area contributed by atoms with Crippen molar-refractivity contribution < 1.29 is 19.2 Å². The van der Waals surface area contributed by atoms with Gasteiger partial charge in [0.25, 0.3) is 0 Å². The Morgan fingerprint density at radius 1 is 0.913 bits per heavy atom. The fourth-order valence-corrected chi connectivity index (χ4v) is 1.75. The molecule has 0 atom stereocenters. The van der Waals surface area contributed by atoms with Gasteiger partial charge in [0.05, 0.1) is 28.8 Å². The molecule has 0 heterocycles. The summed E-state index contributed by atoms with van der Waals surface area (Å²) in [6.07, 6.45) is -0.485. The van der Waals surface area contributed by atoms with Gasteiger partial charge in [0, 0.05) is 26.2 Å². The predicted molar refractivity (Wildman–Crippen MR) is 85.5 cm³/mol. The Labute approximate surface area is 137 Å². The maximum atomic E-state index is 11.8. The highest BCUT2D eigenvalue weighted by atomic mass is 16.2. The molecule has 0 saturated heterocycles. The minimum atomic E-state index is -0.680. The zero-order valence-electron chi connectivity index (χ0n) is 13.0. The molecule has 0 unspecified atom stereocenters. The lowest BCUT2D eigenvalue weighted by molar-refractivity contribution is -0.134. The van der Waals surface area contributed by atoms with Gasteiger partial charge in [0.2, 0.25) is 23.6 Å². The molecular formula is C12H21B2N5O4. The first-order chi connectivity index (χ1) is 10.8. The first-order valence-electron chi connectivity index (χ1n) is 7.06. The molecule has 0 aromatic carbocycles. The van der Waals surface area contributed by atoms with Crippen molar-refractivity contribution in [2.24, 2.45) is 11.5 Å². The van der Waals surface area contributed by atoms with Crippen LogP contribution in [-0.4, -0.2) is 88.4 Å². The monoisotopic (exact) mass is 321 g/mol. The second kappa shape index (κ2) is 11.5. The van der Waals surface area contributed by atoms with E-state index in [1.165, 1.54) is 4.90 Å². The molecular weight excluding hydrogens is 300 g/mol. The van der Waals surface area contributed by atoms with E-state index in [0.717, 1.165) is 4.90 Å². The molecule has 0 fully saturated rings. The van der Waals surface area contributed by atoms with E-state index in [2.05, 4.69) is 5.32 Å². The average Bonchev–Trinajstić information content (AvgIpc) is 2.51. The highest BCUT2D eigenvalue weighted by Crippen LogP contribution is 1.94. The Balaban J connectivity index is 4.36. The topological polar surface area (TPSA) is 139 Å². The van der Waals surface area contributed by atoms with E-state index in [4.69, 9.17) is 27.2 Å². The molecule has 4 radical (unpaired) electrons. The first kappa shape index (κ1) is 21.0. The standard InChI is InChI=1S/C12H21B2N5O4/c13-5-11(22)18(3-1-15)8-10(21)17-2-4-19(7-9(16)20)12(23)6-14/h1-8,15H2,(H2,16,20)(H,17,21). The van der Waals surface area contributed by atoms with E-state index in [9.17, 15) is 19.2 Å². The van der Waals surface area contributed by atoms with Crippen LogP contribution in [0.4, 0.5) is 0 Å². The Bertz CT molecular complexity index is 436. The lowest BCUT2D eigenvalue weighted by Crippen LogP contribution is -2.46. The second-order valence-corrected chi connectivity index (χ2v) is 4.64. The van der Waals surface area contributed by atoms with Crippen molar-refractivity contribution in [2.75, 3.05) is 39.3 Å². The van der Waals surface area contributed by atoms with Gasteiger partial charge in [-0.05, 0) is 12.6 Å². The molecule has 124 valence electrons. The lowest BCUT2D eigenvalue weighted by Gasteiger charge is -2.23. The normalized spacial score (nSPS) is 9.96. The Morgan fingerprint density at radius 3 is 1.87 bits per heavy atom. The van der Waals surface area contributed by atoms with E-state index in [1.807, 2.05) is 0 Å². The van der Waals surface area contributed by atoms with E-state index < -0.39 is 17.7 Å². The number of nitrogens with two attached hydrogens (primary N) is 2. The van der Waals surface area contributed by atoms with Crippen molar-refractivity contribution in [3.05, 3.63) is 0 Å². The number of hydrogen-bond acceptors (Lipinski definition) is 5. The minimum absolute atomic E-state index is 0.0758. The third kappa shape index (κ3) is 8.87. The fourth-order valence-electron chi connectivity index (χ4n) is 1.75. The summed E-state index contributed by atoms with van der Waals surface area (Å²) in [6.45, 7) is 0.113. The molecule has 0 aliphatic rings. The number of carbonyl (C=O) groups is 4. The molecule has 4 amide bonds. The van der Waals surface area contributed by atoms with Gasteiger partial charge in [-0.1, -0.05) is 0 Å². The van der Waals surface area contributed by atoms with Crippen LogP contribution in [0.5, 0.6) is 0 Å². The van der Waals surface area contributed by atoms with Crippen LogP contribution in [0.3, 0.4) is 0 Å². The van der Waals surface area contributed by atoms with Gasteiger partial charge in [-0.3, -0.25) is 19.2 Å². The number of nitrogens with zero attached hydrogens (tertiary/aromatic N) is 2. The zero-order valence-corrected chi connectivity index (χ0v) is 13.0. The molecule has 0 aliphatic heterocycles. The van der Waals surface area contributed by atoms with Crippen molar-refractivity contribution in [3.8, 4) is 0 Å². The van der Waals surface area contributed by atoms with Crippen LogP contribution >= 0.6 is 0 Å². The molecule has 11 heteroatoms. The fraction of sp³-hybridized carbons (Fsp3) is 0.667. The van der Waals surface area contributed by atoms with Gasteiger partial charge in [0.1, 0.15) is 0 Å². The average molecular weight is 321 g/mol. The summed E-state index contributed by atoms with van der Waals surface area (Å²) in [5, 5.41) is 2.53. The number of carbonyl (C=O) groups excluding carboxylic acids is 4. The van der Waals surface area contributed by atoms with Crippen LogP contribution in [0.15, 0.2) is 0 Å². The van der Waals surface area contributed by atoms with Gasteiger partial charge >= 0.3 is 0 Å². The van der Waals surface area contributed by atoms with E-state index >= 15 is 0 Å². The molecule has 0 spiro atoms. The van der Waals surface area contributed by atoms with Gasteiger partial charge in [-0.25, -0.2) is 0 Å². The predicted octanol–water partition coefficient (Wildman–Crippen LogP) is -3.62. The van der Waals surface area contributed by atoms with E-state index in [-0.39, 0.29) is 57.8 Å². The van der Waals surface area contributed by atoms with Crippen LogP contribution in [-0.2, 0) is 19.2 Å². The minimum Gasteiger partial charge on any atom is -0.368 e. The highest BCUT2D eigenvalue weighted by molar-refractivity contribution is 6.20. The Hall–Kier alpha value is -2.03. The zero-order chi connectivity index (χ0) is 17.8. The molecule has 0 aromatic rings. The molecule has 0 aliphatic carbocycles. The van der Waals surface area contributed by atoms with Crippen molar-refractivity contribution in [2.45, 2.75) is 12.6 Å². The number of nitrogens with one attached hydrogen (secondary N) is 1. The molecule has 9 nitrogen and oxygen atoms in total. The number of primary amides is 1. The SMILES string of the molecule is [B]CC(=O)N(CCNC(=O)CN(CCN)C(=O)C[B])CC(N)=O. The maximum Gasteiger partial charge on any atom is 0.239 e. The Kier molecular flexibility index (Phi) is 10.5. The summed E-state index contributed by atoms with van der Waals surface area (Å²) < 4.78 is 0. The number of rotatable bonds is 11. The largest absolute Gasteiger partial charge is 0.368 e. The van der Waals surface area contributed by atoms with Crippen LogP contribution in [0, 0.1) is 0 Å². The molecule has 0 saturated carbocycles. The molecule has 0 rings (SSSR count). The first-order valence-corrected chi connectivity index (χ1v) is 7.06. The molecule has 23 heavy (non-hydrogen) atoms. The van der Waals surface area contributed by atoms with E-state index in [1.54, 1.807) is 0 Å². The van der Waals surface area contributed by atoms with E-state index in [0.29, 0.717) is 0 Å². The van der Waals surface area contributed by atoms with Gasteiger partial charge in [-0.2, -0.15) is 0 Å². The van der Waals surface area contributed by atoms with Crippen LogP contribution in [0.25, 0.3) is 0 Å². The smallest absolute Gasteiger partial charge is 0.239 e. The summed E-state index contributed by atoms with van der Waals surface area (Å²) in [5.74, 6) is -1.96. The Morgan fingerprint density at radius 2 is 1.43 bits per heavy atom. The summed E-state index contributed by atoms with van der Waals surface area (Å²) in [6, 6.07) is 0. The summed E-state index contributed by atoms with van der Waals surface area (Å²) in [5.41, 5.74) is 10.4. The van der Waals surface area contributed by atoms with Crippen molar-refractivity contribution in [1.29, 1.82) is 0 Å². The molecule has 0 bridgehead atoms. The summed E-state index contributed by atoms with van der Waals surface area (Å²) in [7, 11) is 10.5. The highest BCUT2D eigenvalue weighted by Gasteiger charge is 2.16. The molecule has 0 aromatic heterocycles. The van der Waals surface area contributed by atoms with Crippen molar-refractivity contribution in [1.82, 2.24) is 15.1 Å². The summed E-state index contributed by atoms with van der Waals surface area (Å²) in [4.78, 5) is 48.1. The van der Waals surface area contributed by atoms with Crippen LogP contribution < -0.4 is 16.8 Å². The van der Waals surface area contributed by atoms with Gasteiger partial charge in [-0.15, -0.1) is 0 Å². The maximum absolute atomic E-state index is 11.8. The van der Waals surface area contributed by atoms with Crippen molar-refractivity contribution in [3.63, 3.8) is 0 Å². The van der Waals surface area contributed by atoms with Crippen molar-refractivity contribution >= 4 is 39.3 Å². The summed E-state index contributed by atoms with van der Waals surface area (Å²) >= 11 is 0. The molecule has 5 N–H and O–H groups in total. The quantitative estimate of drug-likeness (QED) is 0.337. The third-order valence-electron chi connectivity index (χ3n) is 2.84. The number of amides is 4. The van der Waals surface area contributed by atoms with Crippen LogP contribution in [0.1, 0.15) is 0 Å². The second-order valence-electron chi connectivity index (χ2n) is 4.64.